The Morgan fingerprint density at radius 3 is 2.41 bits per heavy atom. The van der Waals surface area contributed by atoms with E-state index in [-0.39, 0.29) is 11.9 Å². The van der Waals surface area contributed by atoms with Gasteiger partial charge in [-0.2, -0.15) is 0 Å². The molecule has 2 atom stereocenters. The zero-order valence-electron chi connectivity index (χ0n) is 17.6. The van der Waals surface area contributed by atoms with Crippen LogP contribution in [0, 0.1) is 0 Å². The van der Waals surface area contributed by atoms with Crippen molar-refractivity contribution in [1.29, 1.82) is 0 Å². The van der Waals surface area contributed by atoms with Crippen molar-refractivity contribution in [1.82, 2.24) is 14.9 Å². The minimum absolute atomic E-state index is 0.0623. The first-order chi connectivity index (χ1) is 15.7. The first kappa shape index (κ1) is 20.3. The van der Waals surface area contributed by atoms with Crippen LogP contribution in [-0.4, -0.2) is 26.0 Å². The number of carbonyl (C=O) groups excluding carboxylic acids is 1. The van der Waals surface area contributed by atoms with Gasteiger partial charge in [0, 0.05) is 11.3 Å². The fourth-order valence-electron chi connectivity index (χ4n) is 3.89. The minimum Gasteiger partial charge on any atom is -0.325 e. The molecule has 1 aliphatic rings. The predicted molar refractivity (Wildman–Crippen MR) is 128 cm³/mol. The fourth-order valence-corrected chi connectivity index (χ4v) is 4.97. The highest BCUT2D eigenvalue weighted by Crippen LogP contribution is 2.39. The van der Waals surface area contributed by atoms with Gasteiger partial charge in [-0.05, 0) is 23.6 Å². The Bertz CT molecular complexity index is 1230. The molecule has 5 rings (SSSR count). The zero-order chi connectivity index (χ0) is 21.9. The van der Waals surface area contributed by atoms with E-state index in [1.807, 2.05) is 89.6 Å². The van der Waals surface area contributed by atoms with Crippen molar-refractivity contribution in [3.8, 4) is 11.4 Å². The number of carbonyl (C=O) groups is 1. The number of hydrogen-bond acceptors (Lipinski definition) is 5. The van der Waals surface area contributed by atoms with Gasteiger partial charge in [-0.3, -0.25) is 4.79 Å². The summed E-state index contributed by atoms with van der Waals surface area (Å²) in [5.74, 6) is 0.664. The number of thioether (sulfide) groups is 1. The summed E-state index contributed by atoms with van der Waals surface area (Å²) >= 11 is 1.43. The number of anilines is 1. The highest BCUT2D eigenvalue weighted by molar-refractivity contribution is 8.00. The van der Waals surface area contributed by atoms with Crippen molar-refractivity contribution in [3.63, 3.8) is 0 Å². The molecule has 0 spiro atoms. The molecule has 3 aromatic carbocycles. The summed E-state index contributed by atoms with van der Waals surface area (Å²) in [6.07, 6.45) is 0.851. The Kier molecular flexibility index (Phi) is 5.64. The molecule has 2 heterocycles. The average molecular weight is 442 g/mol. The van der Waals surface area contributed by atoms with Crippen molar-refractivity contribution >= 4 is 23.4 Å². The first-order valence-corrected chi connectivity index (χ1v) is 11.5. The summed E-state index contributed by atoms with van der Waals surface area (Å²) in [7, 11) is 0. The summed E-state index contributed by atoms with van der Waals surface area (Å²) in [6, 6.07) is 27.6. The van der Waals surface area contributed by atoms with Gasteiger partial charge in [0.1, 0.15) is 5.25 Å². The highest BCUT2D eigenvalue weighted by Gasteiger charge is 2.38. The number of aryl methyl sites for hydroxylation is 1. The van der Waals surface area contributed by atoms with Crippen molar-refractivity contribution in [2.45, 2.75) is 29.8 Å². The van der Waals surface area contributed by atoms with E-state index >= 15 is 0 Å². The maximum atomic E-state index is 13.5. The summed E-state index contributed by atoms with van der Waals surface area (Å²) in [4.78, 5) is 13.5. The van der Waals surface area contributed by atoms with Gasteiger partial charge in [-0.25, -0.2) is 4.68 Å². The van der Waals surface area contributed by atoms with Crippen LogP contribution in [0.2, 0.25) is 0 Å². The van der Waals surface area contributed by atoms with E-state index in [4.69, 9.17) is 0 Å². The van der Waals surface area contributed by atoms with E-state index in [0.717, 1.165) is 34.6 Å². The molecule has 0 aliphatic carbocycles. The van der Waals surface area contributed by atoms with Gasteiger partial charge < -0.3 is 10.7 Å². The maximum absolute atomic E-state index is 13.5. The van der Waals surface area contributed by atoms with Crippen LogP contribution in [0.4, 0.5) is 5.69 Å². The van der Waals surface area contributed by atoms with Crippen LogP contribution in [0.25, 0.3) is 11.4 Å². The van der Waals surface area contributed by atoms with Gasteiger partial charge in [0.2, 0.25) is 11.1 Å². The smallest absolute Gasteiger partial charge is 0.240 e. The molecule has 7 heteroatoms. The van der Waals surface area contributed by atoms with Crippen molar-refractivity contribution in [3.05, 3.63) is 96.1 Å². The van der Waals surface area contributed by atoms with E-state index < -0.39 is 5.25 Å². The fraction of sp³-hybridized carbons (Fsp3) is 0.160. The molecule has 1 aromatic heterocycles. The van der Waals surface area contributed by atoms with E-state index in [2.05, 4.69) is 27.9 Å². The number of nitrogens with one attached hydrogen (secondary N) is 2. The summed E-state index contributed by atoms with van der Waals surface area (Å²) in [5.41, 5.74) is 7.47. The molecule has 0 unspecified atom stereocenters. The lowest BCUT2D eigenvalue weighted by atomic mass is 10.0. The number of aromatic nitrogens is 3. The number of benzene rings is 3. The molecule has 0 saturated heterocycles. The standard InChI is InChI=1S/C25H23N5OS/c1-2-17-11-9-10-16-20(17)26-24(31)22-21(18-12-5-3-6-13-18)29-30-23(27-28-25(30)32-22)19-14-7-4-8-15-19/h3-16,21-22,29H,2H2,1H3,(H,26,31)/t21-,22+/m0/s1. The van der Waals surface area contributed by atoms with Crippen LogP contribution < -0.4 is 10.7 Å². The monoisotopic (exact) mass is 441 g/mol. The van der Waals surface area contributed by atoms with Crippen LogP contribution in [0.1, 0.15) is 24.1 Å². The summed E-state index contributed by atoms with van der Waals surface area (Å²) in [6.45, 7) is 2.09. The number of amides is 1. The lowest BCUT2D eigenvalue weighted by Crippen LogP contribution is -2.41. The van der Waals surface area contributed by atoms with E-state index in [1.165, 1.54) is 11.8 Å². The lowest BCUT2D eigenvalue weighted by molar-refractivity contribution is -0.116. The molecular weight excluding hydrogens is 418 g/mol. The number of rotatable bonds is 5. The minimum atomic E-state index is -0.414. The van der Waals surface area contributed by atoms with Gasteiger partial charge in [0.15, 0.2) is 5.82 Å². The first-order valence-electron chi connectivity index (χ1n) is 10.6. The Labute approximate surface area is 191 Å². The summed E-state index contributed by atoms with van der Waals surface area (Å²) < 4.78 is 1.89. The molecule has 0 fully saturated rings. The normalized spacial score (nSPS) is 17.3. The van der Waals surface area contributed by atoms with Crippen molar-refractivity contribution in [2.24, 2.45) is 0 Å². The maximum Gasteiger partial charge on any atom is 0.240 e. The number of para-hydroxylation sites is 1. The van der Waals surface area contributed by atoms with Crippen LogP contribution >= 0.6 is 11.8 Å². The molecule has 0 bridgehead atoms. The molecule has 4 aromatic rings. The topological polar surface area (TPSA) is 71.8 Å². The second-order valence-electron chi connectivity index (χ2n) is 7.56. The van der Waals surface area contributed by atoms with E-state index in [9.17, 15) is 4.79 Å². The lowest BCUT2D eigenvalue weighted by Gasteiger charge is -2.33. The van der Waals surface area contributed by atoms with E-state index in [1.54, 1.807) is 0 Å². The molecule has 0 radical (unpaired) electrons. The van der Waals surface area contributed by atoms with Gasteiger partial charge in [0.05, 0.1) is 6.04 Å². The zero-order valence-corrected chi connectivity index (χ0v) is 18.4. The molecule has 1 amide bonds. The molecule has 0 saturated carbocycles. The van der Waals surface area contributed by atoms with Crippen molar-refractivity contribution in [2.75, 3.05) is 10.7 Å². The molecule has 32 heavy (non-hydrogen) atoms. The van der Waals surface area contributed by atoms with Gasteiger partial charge in [-0.1, -0.05) is 97.5 Å². The van der Waals surface area contributed by atoms with E-state index in [0.29, 0.717) is 5.16 Å². The average Bonchev–Trinajstić information content (AvgIpc) is 3.27. The molecule has 6 nitrogen and oxygen atoms in total. The van der Waals surface area contributed by atoms with Crippen molar-refractivity contribution < 1.29 is 4.79 Å². The predicted octanol–water partition coefficient (Wildman–Crippen LogP) is 4.91. The largest absolute Gasteiger partial charge is 0.325 e. The Morgan fingerprint density at radius 2 is 1.66 bits per heavy atom. The third-order valence-electron chi connectivity index (χ3n) is 5.54. The number of fused-ring (bicyclic) bond motifs is 1. The molecule has 160 valence electrons. The second kappa shape index (κ2) is 8.88. The van der Waals surface area contributed by atoms with Gasteiger partial charge >= 0.3 is 0 Å². The van der Waals surface area contributed by atoms with Gasteiger partial charge in [-0.15, -0.1) is 10.2 Å². The SMILES string of the molecule is CCc1ccccc1NC(=O)[C@@H]1Sc2nnc(-c3ccccc3)n2N[C@H]1c1ccccc1. The third kappa shape index (κ3) is 3.87. The summed E-state index contributed by atoms with van der Waals surface area (Å²) in [5, 5.41) is 12.2. The van der Waals surface area contributed by atoms with Crippen LogP contribution in [0.5, 0.6) is 0 Å². The van der Waals surface area contributed by atoms with Crippen LogP contribution in [-0.2, 0) is 11.2 Å². The Balaban J connectivity index is 1.51. The molecule has 1 aliphatic heterocycles. The Hall–Kier alpha value is -3.58. The highest BCUT2D eigenvalue weighted by atomic mass is 32.2. The van der Waals surface area contributed by atoms with Crippen LogP contribution in [0.3, 0.4) is 0 Å². The molecule has 2 N–H and O–H groups in total. The quantitative estimate of drug-likeness (QED) is 0.461. The number of nitrogens with zero attached hydrogens (tertiary/aromatic N) is 3. The van der Waals surface area contributed by atoms with Gasteiger partial charge in [0.25, 0.3) is 0 Å². The number of hydrogen-bond donors (Lipinski definition) is 2. The second-order valence-corrected chi connectivity index (χ2v) is 8.67. The van der Waals surface area contributed by atoms with Crippen LogP contribution in [0.15, 0.2) is 90.1 Å². The molecular formula is C25H23N5OS. The Morgan fingerprint density at radius 1 is 0.969 bits per heavy atom. The third-order valence-corrected chi connectivity index (χ3v) is 6.76.